The highest BCUT2D eigenvalue weighted by molar-refractivity contribution is 7.15. The Hall–Kier alpha value is -1.53. The first-order valence-corrected chi connectivity index (χ1v) is 7.60. The first kappa shape index (κ1) is 14.9. The van der Waals surface area contributed by atoms with Crippen LogP contribution < -0.4 is 5.32 Å². The van der Waals surface area contributed by atoms with Crippen molar-refractivity contribution in [1.29, 1.82) is 0 Å². The van der Waals surface area contributed by atoms with E-state index in [1.54, 1.807) is 12.1 Å². The molecule has 7 heteroatoms. The van der Waals surface area contributed by atoms with Gasteiger partial charge in [0.25, 0.3) is 5.91 Å². The molecule has 2 aromatic heterocycles. The van der Waals surface area contributed by atoms with Gasteiger partial charge in [0.2, 0.25) is 5.13 Å². The summed E-state index contributed by atoms with van der Waals surface area (Å²) < 4.78 is 0. The summed E-state index contributed by atoms with van der Waals surface area (Å²) in [5, 5.41) is 12.4. The number of halogens is 1. The summed E-state index contributed by atoms with van der Waals surface area (Å²) in [4.78, 5) is 15.9. The van der Waals surface area contributed by atoms with E-state index in [0.29, 0.717) is 16.6 Å². The van der Waals surface area contributed by atoms with Gasteiger partial charge in [-0.25, -0.2) is 4.98 Å². The lowest BCUT2D eigenvalue weighted by Gasteiger charge is -2.05. The molecule has 0 spiro atoms. The highest BCUT2D eigenvalue weighted by Gasteiger charge is 2.16. The van der Waals surface area contributed by atoms with E-state index in [4.69, 9.17) is 11.6 Å². The van der Waals surface area contributed by atoms with Crippen molar-refractivity contribution in [3.8, 4) is 0 Å². The largest absolute Gasteiger partial charge is 0.296 e. The molecule has 5 nitrogen and oxygen atoms in total. The van der Waals surface area contributed by atoms with Gasteiger partial charge in [0, 0.05) is 12.1 Å². The average molecular weight is 311 g/mol. The molecule has 20 heavy (non-hydrogen) atoms. The molecule has 2 heterocycles. The van der Waals surface area contributed by atoms with E-state index in [0.717, 1.165) is 17.8 Å². The molecule has 0 radical (unpaired) electrons. The topological polar surface area (TPSA) is 67.8 Å². The molecule has 0 aliphatic carbocycles. The van der Waals surface area contributed by atoms with Gasteiger partial charge in [-0.3, -0.25) is 10.1 Å². The minimum absolute atomic E-state index is 0.176. The number of pyridine rings is 1. The van der Waals surface area contributed by atoms with E-state index in [9.17, 15) is 4.79 Å². The van der Waals surface area contributed by atoms with E-state index in [1.165, 1.54) is 17.5 Å². The molecule has 1 N–H and O–H groups in total. The molecule has 0 atom stereocenters. The van der Waals surface area contributed by atoms with Crippen LogP contribution >= 0.6 is 22.9 Å². The summed E-state index contributed by atoms with van der Waals surface area (Å²) in [7, 11) is 0. The molecule has 0 aliphatic rings. The Kier molecular flexibility index (Phi) is 5.03. The normalized spacial score (nSPS) is 10.8. The van der Waals surface area contributed by atoms with E-state index in [1.807, 2.05) is 0 Å². The van der Waals surface area contributed by atoms with Gasteiger partial charge in [0.15, 0.2) is 0 Å². The first-order valence-electron chi connectivity index (χ1n) is 6.41. The van der Waals surface area contributed by atoms with E-state index >= 15 is 0 Å². The number of carbonyl (C=O) groups excluding carboxylic acids is 1. The first-order chi connectivity index (χ1) is 9.65. The number of aromatic nitrogens is 3. The molecule has 2 aromatic rings. The zero-order chi connectivity index (χ0) is 14.5. The highest BCUT2D eigenvalue weighted by atomic mass is 35.5. The van der Waals surface area contributed by atoms with Crippen LogP contribution in [0.4, 0.5) is 5.13 Å². The lowest BCUT2D eigenvalue weighted by atomic mass is 10.1. The zero-order valence-electron chi connectivity index (χ0n) is 11.3. The van der Waals surface area contributed by atoms with Gasteiger partial charge in [0.05, 0.1) is 5.56 Å². The summed E-state index contributed by atoms with van der Waals surface area (Å²) >= 11 is 7.28. The molecule has 2 rings (SSSR count). The van der Waals surface area contributed by atoms with Gasteiger partial charge in [-0.15, -0.1) is 10.2 Å². The van der Waals surface area contributed by atoms with Crippen LogP contribution in [0.5, 0.6) is 0 Å². The van der Waals surface area contributed by atoms with Crippen LogP contribution in [0.25, 0.3) is 0 Å². The van der Waals surface area contributed by atoms with Crippen LogP contribution in [0.1, 0.15) is 48.0 Å². The van der Waals surface area contributed by atoms with Crippen molar-refractivity contribution in [3.05, 3.63) is 34.1 Å². The van der Waals surface area contributed by atoms with E-state index in [2.05, 4.69) is 34.3 Å². The van der Waals surface area contributed by atoms with Crippen LogP contribution in [-0.4, -0.2) is 21.1 Å². The maximum atomic E-state index is 12.1. The average Bonchev–Trinajstić information content (AvgIpc) is 2.89. The van der Waals surface area contributed by atoms with Gasteiger partial charge in [-0.05, 0) is 25.0 Å². The van der Waals surface area contributed by atoms with Gasteiger partial charge in [-0.2, -0.15) is 0 Å². The molecule has 0 saturated heterocycles. The summed E-state index contributed by atoms with van der Waals surface area (Å²) in [6.45, 7) is 4.23. The van der Waals surface area contributed by atoms with E-state index < -0.39 is 0 Å². The molecule has 0 fully saturated rings. The number of rotatable bonds is 5. The van der Waals surface area contributed by atoms with Crippen LogP contribution in [-0.2, 0) is 0 Å². The van der Waals surface area contributed by atoms with Crippen molar-refractivity contribution in [2.24, 2.45) is 0 Å². The minimum atomic E-state index is -0.324. The van der Waals surface area contributed by atoms with Gasteiger partial charge in [-0.1, -0.05) is 36.8 Å². The Labute approximate surface area is 126 Å². The van der Waals surface area contributed by atoms with Gasteiger partial charge in [0.1, 0.15) is 10.2 Å². The number of nitrogens with one attached hydrogen (secondary N) is 1. The van der Waals surface area contributed by atoms with Crippen LogP contribution in [0.15, 0.2) is 18.3 Å². The highest BCUT2D eigenvalue weighted by Crippen LogP contribution is 2.28. The second-order valence-corrected chi connectivity index (χ2v) is 5.62. The fourth-order valence-electron chi connectivity index (χ4n) is 1.81. The molecule has 0 bridgehead atoms. The Bertz CT molecular complexity index is 598. The van der Waals surface area contributed by atoms with Crippen molar-refractivity contribution in [3.63, 3.8) is 0 Å². The molecular formula is C13H15ClN4OS. The quantitative estimate of drug-likeness (QED) is 0.854. The fraction of sp³-hybridized carbons (Fsp3) is 0.385. The number of hydrogen-bond acceptors (Lipinski definition) is 5. The molecule has 1 amide bonds. The summed E-state index contributed by atoms with van der Waals surface area (Å²) in [5.41, 5.74) is 0.327. The third kappa shape index (κ3) is 3.32. The van der Waals surface area contributed by atoms with Gasteiger partial charge >= 0.3 is 0 Å². The second kappa shape index (κ2) is 6.76. The second-order valence-electron chi connectivity index (χ2n) is 4.25. The summed E-state index contributed by atoms with van der Waals surface area (Å²) in [6, 6.07) is 3.28. The Morgan fingerprint density at radius 3 is 2.80 bits per heavy atom. The van der Waals surface area contributed by atoms with Crippen molar-refractivity contribution in [1.82, 2.24) is 15.2 Å². The number of nitrogens with zero attached hydrogens (tertiary/aromatic N) is 3. The third-order valence-electron chi connectivity index (χ3n) is 3.00. The van der Waals surface area contributed by atoms with Crippen molar-refractivity contribution >= 4 is 34.0 Å². The number of hydrogen-bond donors (Lipinski definition) is 1. The van der Waals surface area contributed by atoms with Crippen LogP contribution in [0.2, 0.25) is 5.15 Å². The Morgan fingerprint density at radius 1 is 1.40 bits per heavy atom. The van der Waals surface area contributed by atoms with Gasteiger partial charge < -0.3 is 0 Å². The Morgan fingerprint density at radius 2 is 2.15 bits per heavy atom. The maximum absolute atomic E-state index is 12.1. The lowest BCUT2D eigenvalue weighted by molar-refractivity contribution is 0.102. The molecule has 0 saturated carbocycles. The van der Waals surface area contributed by atoms with Crippen molar-refractivity contribution in [2.45, 2.75) is 32.6 Å². The Balaban J connectivity index is 2.11. The smallest absolute Gasteiger partial charge is 0.260 e. The molecular weight excluding hydrogens is 296 g/mol. The van der Waals surface area contributed by atoms with Crippen LogP contribution in [0.3, 0.4) is 0 Å². The number of carbonyl (C=O) groups is 1. The van der Waals surface area contributed by atoms with Crippen LogP contribution in [0, 0.1) is 0 Å². The SMILES string of the molecule is CCC(CC)c1nnc(NC(=O)c2cccnc2Cl)s1. The lowest BCUT2D eigenvalue weighted by Crippen LogP contribution is -2.12. The summed E-state index contributed by atoms with van der Waals surface area (Å²) in [5.74, 6) is 0.0653. The van der Waals surface area contributed by atoms with Crippen molar-refractivity contribution < 1.29 is 4.79 Å². The monoisotopic (exact) mass is 310 g/mol. The third-order valence-corrected chi connectivity index (χ3v) is 4.30. The number of anilines is 1. The fourth-order valence-corrected chi connectivity index (χ4v) is 3.02. The summed E-state index contributed by atoms with van der Waals surface area (Å²) in [6.07, 6.45) is 3.55. The molecule has 0 aliphatic heterocycles. The minimum Gasteiger partial charge on any atom is -0.296 e. The van der Waals surface area contributed by atoms with E-state index in [-0.39, 0.29) is 11.1 Å². The standard InChI is InChI=1S/C13H15ClN4OS/c1-3-8(4-2)12-17-18-13(20-12)16-11(19)9-6-5-7-15-10(9)14/h5-8H,3-4H2,1-2H3,(H,16,18,19). The predicted molar refractivity (Wildman–Crippen MR) is 80.4 cm³/mol. The zero-order valence-corrected chi connectivity index (χ0v) is 12.8. The molecule has 106 valence electrons. The predicted octanol–water partition coefficient (Wildman–Crippen LogP) is 3.74. The maximum Gasteiger partial charge on any atom is 0.260 e. The number of amides is 1. The molecule has 0 unspecified atom stereocenters. The molecule has 0 aromatic carbocycles. The van der Waals surface area contributed by atoms with Crippen molar-refractivity contribution in [2.75, 3.05) is 5.32 Å².